The molecule has 2 N–H and O–H groups in total. The molecule has 0 spiro atoms. The van der Waals surface area contributed by atoms with Crippen molar-refractivity contribution in [2.45, 2.75) is 6.42 Å². The number of nitrogens with zero attached hydrogens (tertiary/aromatic N) is 2. The van der Waals surface area contributed by atoms with E-state index in [9.17, 15) is 0 Å². The lowest BCUT2D eigenvalue weighted by Crippen LogP contribution is -2.33. The Morgan fingerprint density at radius 3 is 2.53 bits per heavy atom. The van der Waals surface area contributed by atoms with E-state index >= 15 is 0 Å². The Hall–Kier alpha value is -2.69. The summed E-state index contributed by atoms with van der Waals surface area (Å²) in [4.78, 5) is 6.01. The van der Waals surface area contributed by atoms with Crippen LogP contribution in [0, 0.1) is 0 Å². The SMILES string of the molecule is C=C(S/C=C(\N)CN1CCCN(c2cccc3ccccc23)CC1)c1ccccc1. The zero-order valence-electron chi connectivity index (χ0n) is 17.3. The summed E-state index contributed by atoms with van der Waals surface area (Å²) < 4.78 is 0. The predicted octanol–water partition coefficient (Wildman–Crippen LogP) is 5.56. The van der Waals surface area contributed by atoms with Crippen molar-refractivity contribution in [3.8, 4) is 0 Å². The molecule has 0 saturated carbocycles. The van der Waals surface area contributed by atoms with Crippen LogP contribution in [0.5, 0.6) is 0 Å². The van der Waals surface area contributed by atoms with Crippen LogP contribution in [0.3, 0.4) is 0 Å². The van der Waals surface area contributed by atoms with Crippen LogP contribution in [0.25, 0.3) is 15.7 Å². The lowest BCUT2D eigenvalue weighted by Gasteiger charge is -2.25. The van der Waals surface area contributed by atoms with Gasteiger partial charge in [-0.1, -0.05) is 85.1 Å². The third-order valence-electron chi connectivity index (χ3n) is 5.55. The molecule has 1 fully saturated rings. The summed E-state index contributed by atoms with van der Waals surface area (Å²) in [5.41, 5.74) is 9.73. The van der Waals surface area contributed by atoms with Crippen molar-refractivity contribution in [2.24, 2.45) is 5.73 Å². The maximum Gasteiger partial charge on any atom is 0.0446 e. The Kier molecular flexibility index (Phi) is 6.77. The molecule has 1 heterocycles. The Morgan fingerprint density at radius 1 is 0.900 bits per heavy atom. The van der Waals surface area contributed by atoms with Gasteiger partial charge in [-0.2, -0.15) is 0 Å². The van der Waals surface area contributed by atoms with Gasteiger partial charge in [0.2, 0.25) is 0 Å². The molecule has 3 aromatic carbocycles. The molecular formula is C26H29N3S. The number of hydrogen-bond acceptors (Lipinski definition) is 4. The number of anilines is 1. The number of hydrogen-bond donors (Lipinski definition) is 1. The fourth-order valence-electron chi connectivity index (χ4n) is 3.99. The van der Waals surface area contributed by atoms with Gasteiger partial charge in [0.05, 0.1) is 0 Å². The van der Waals surface area contributed by atoms with Gasteiger partial charge in [-0.25, -0.2) is 0 Å². The summed E-state index contributed by atoms with van der Waals surface area (Å²) in [5, 5.41) is 4.69. The monoisotopic (exact) mass is 415 g/mol. The van der Waals surface area contributed by atoms with Crippen LogP contribution in [0.15, 0.2) is 90.5 Å². The van der Waals surface area contributed by atoms with E-state index in [1.165, 1.54) is 16.5 Å². The van der Waals surface area contributed by atoms with Gasteiger partial charge in [0.1, 0.15) is 0 Å². The normalized spacial score (nSPS) is 15.9. The first-order valence-corrected chi connectivity index (χ1v) is 11.4. The highest BCUT2D eigenvalue weighted by molar-refractivity contribution is 8.10. The molecule has 0 radical (unpaired) electrons. The van der Waals surface area contributed by atoms with Crippen molar-refractivity contribution in [2.75, 3.05) is 37.6 Å². The summed E-state index contributed by atoms with van der Waals surface area (Å²) in [5.74, 6) is 0. The van der Waals surface area contributed by atoms with Crippen LogP contribution in [-0.4, -0.2) is 37.6 Å². The van der Waals surface area contributed by atoms with Crippen LogP contribution >= 0.6 is 11.8 Å². The summed E-state index contributed by atoms with van der Waals surface area (Å²) in [6.45, 7) is 9.16. The van der Waals surface area contributed by atoms with Crippen molar-refractivity contribution in [1.82, 2.24) is 4.90 Å². The van der Waals surface area contributed by atoms with Crippen LogP contribution in [0.4, 0.5) is 5.69 Å². The molecule has 0 unspecified atom stereocenters. The molecule has 4 rings (SSSR count). The first-order valence-electron chi connectivity index (χ1n) is 10.5. The molecule has 0 amide bonds. The standard InChI is InChI=1S/C26H29N3S/c1-21(22-9-3-2-4-10-22)30-20-24(27)19-28-15-8-16-29(18-17-28)26-14-7-12-23-11-5-6-13-25(23)26/h2-7,9-14,20H,1,8,15-19,27H2/b24-20-. The molecular weight excluding hydrogens is 386 g/mol. The van der Waals surface area contributed by atoms with Crippen LogP contribution in [0.2, 0.25) is 0 Å². The van der Waals surface area contributed by atoms with Crippen LogP contribution in [0.1, 0.15) is 12.0 Å². The first kappa shape index (κ1) is 20.6. The lowest BCUT2D eigenvalue weighted by molar-refractivity contribution is 0.317. The van der Waals surface area contributed by atoms with Crippen molar-refractivity contribution in [3.05, 3.63) is 96.0 Å². The summed E-state index contributed by atoms with van der Waals surface area (Å²) in [7, 11) is 0. The van der Waals surface area contributed by atoms with E-state index in [-0.39, 0.29) is 0 Å². The predicted molar refractivity (Wildman–Crippen MR) is 133 cm³/mol. The fraction of sp³-hybridized carbons (Fsp3) is 0.231. The number of benzene rings is 3. The van der Waals surface area contributed by atoms with Crippen molar-refractivity contribution < 1.29 is 0 Å². The zero-order valence-corrected chi connectivity index (χ0v) is 18.2. The molecule has 30 heavy (non-hydrogen) atoms. The molecule has 0 atom stereocenters. The zero-order chi connectivity index (χ0) is 20.8. The highest BCUT2D eigenvalue weighted by Crippen LogP contribution is 2.28. The van der Waals surface area contributed by atoms with E-state index in [1.807, 2.05) is 23.6 Å². The average molecular weight is 416 g/mol. The Labute approximate surface area is 183 Å². The van der Waals surface area contributed by atoms with E-state index in [1.54, 1.807) is 11.8 Å². The number of fused-ring (bicyclic) bond motifs is 1. The van der Waals surface area contributed by atoms with Crippen molar-refractivity contribution in [1.29, 1.82) is 0 Å². The minimum atomic E-state index is 0.804. The molecule has 1 aliphatic heterocycles. The number of nitrogens with two attached hydrogens (primary N) is 1. The quantitative estimate of drug-likeness (QED) is 0.572. The van der Waals surface area contributed by atoms with E-state index in [0.717, 1.165) is 55.3 Å². The van der Waals surface area contributed by atoms with Gasteiger partial charge < -0.3 is 10.6 Å². The lowest BCUT2D eigenvalue weighted by atomic mass is 10.1. The second kappa shape index (κ2) is 9.88. The third kappa shape index (κ3) is 5.07. The fourth-order valence-corrected chi connectivity index (χ4v) is 4.63. The molecule has 1 saturated heterocycles. The van der Waals surface area contributed by atoms with Crippen LogP contribution < -0.4 is 10.6 Å². The summed E-state index contributed by atoms with van der Waals surface area (Å²) in [6, 6.07) is 25.5. The van der Waals surface area contributed by atoms with E-state index in [2.05, 4.69) is 71.0 Å². The summed E-state index contributed by atoms with van der Waals surface area (Å²) >= 11 is 1.61. The molecule has 0 aromatic heterocycles. The van der Waals surface area contributed by atoms with E-state index in [4.69, 9.17) is 5.73 Å². The first-order chi connectivity index (χ1) is 14.7. The maximum absolute atomic E-state index is 6.35. The second-order valence-electron chi connectivity index (χ2n) is 7.71. The molecule has 3 nitrogen and oxygen atoms in total. The molecule has 0 aliphatic carbocycles. The Bertz CT molecular complexity index is 1020. The largest absolute Gasteiger partial charge is 0.401 e. The van der Waals surface area contributed by atoms with Gasteiger partial charge >= 0.3 is 0 Å². The maximum atomic E-state index is 6.35. The third-order valence-corrected chi connectivity index (χ3v) is 6.49. The van der Waals surface area contributed by atoms with E-state index in [0.29, 0.717) is 0 Å². The van der Waals surface area contributed by atoms with Gasteiger partial charge in [0, 0.05) is 54.4 Å². The molecule has 4 heteroatoms. The highest BCUT2D eigenvalue weighted by atomic mass is 32.2. The minimum absolute atomic E-state index is 0.804. The second-order valence-corrected chi connectivity index (χ2v) is 8.68. The smallest absolute Gasteiger partial charge is 0.0446 e. The van der Waals surface area contributed by atoms with Gasteiger partial charge in [-0.15, -0.1) is 0 Å². The topological polar surface area (TPSA) is 32.5 Å². The molecule has 1 aliphatic rings. The average Bonchev–Trinajstić information content (AvgIpc) is 3.03. The minimum Gasteiger partial charge on any atom is -0.401 e. The Balaban J connectivity index is 1.35. The van der Waals surface area contributed by atoms with E-state index < -0.39 is 0 Å². The van der Waals surface area contributed by atoms with Gasteiger partial charge in [0.15, 0.2) is 0 Å². The van der Waals surface area contributed by atoms with Gasteiger partial charge in [-0.05, 0) is 28.8 Å². The highest BCUT2D eigenvalue weighted by Gasteiger charge is 2.17. The molecule has 3 aromatic rings. The Morgan fingerprint density at radius 2 is 1.67 bits per heavy atom. The summed E-state index contributed by atoms with van der Waals surface area (Å²) in [6.07, 6.45) is 1.14. The number of thioether (sulfide) groups is 1. The number of rotatable bonds is 6. The van der Waals surface area contributed by atoms with Gasteiger partial charge in [-0.3, -0.25) is 4.90 Å². The van der Waals surface area contributed by atoms with Gasteiger partial charge in [0.25, 0.3) is 0 Å². The van der Waals surface area contributed by atoms with Crippen molar-refractivity contribution >= 4 is 33.1 Å². The van der Waals surface area contributed by atoms with Crippen molar-refractivity contribution in [3.63, 3.8) is 0 Å². The molecule has 0 bridgehead atoms. The van der Waals surface area contributed by atoms with Crippen LogP contribution in [-0.2, 0) is 0 Å². The molecule has 154 valence electrons.